The summed E-state index contributed by atoms with van der Waals surface area (Å²) >= 11 is 0. The normalized spacial score (nSPS) is 10.4. The lowest BCUT2D eigenvalue weighted by atomic mass is 10.0. The van der Waals surface area contributed by atoms with Crippen molar-refractivity contribution in [2.24, 2.45) is 0 Å². The predicted molar refractivity (Wildman–Crippen MR) is 64.5 cm³/mol. The fraction of sp³-hybridized carbons (Fsp3) is 0.846. The molecule has 0 aliphatic rings. The van der Waals surface area contributed by atoms with E-state index in [1.54, 1.807) is 7.11 Å². The fourth-order valence-electron chi connectivity index (χ4n) is 1.51. The average molecular weight is 228 g/mol. The predicted octanol–water partition coefficient (Wildman–Crippen LogP) is 2.91. The van der Waals surface area contributed by atoms with Gasteiger partial charge >= 0.3 is 0 Å². The topological polar surface area (TPSA) is 43.4 Å². The van der Waals surface area contributed by atoms with Crippen molar-refractivity contribution in [2.45, 2.75) is 58.3 Å². The van der Waals surface area contributed by atoms with Crippen LogP contribution in [0.15, 0.2) is 0 Å². The maximum atomic E-state index is 11.4. The van der Waals surface area contributed by atoms with E-state index in [4.69, 9.17) is 4.74 Å². The Bertz CT molecular complexity index is 177. The van der Waals surface area contributed by atoms with Crippen LogP contribution >= 0.6 is 0 Å². The van der Waals surface area contributed by atoms with Crippen LogP contribution in [0.25, 0.3) is 0 Å². The molecule has 0 saturated carbocycles. The van der Waals surface area contributed by atoms with E-state index in [1.807, 2.05) is 0 Å². The van der Waals surface area contributed by atoms with Crippen LogP contribution in [-0.2, 0) is 14.3 Å². The Labute approximate surface area is 98.6 Å². The van der Waals surface area contributed by atoms with Crippen molar-refractivity contribution < 1.29 is 14.3 Å². The van der Waals surface area contributed by atoms with Crippen molar-refractivity contribution in [3.8, 4) is 0 Å². The highest BCUT2D eigenvalue weighted by molar-refractivity contribution is 5.85. The molecule has 0 aromatic carbocycles. The average Bonchev–Trinajstić information content (AvgIpc) is 2.27. The van der Waals surface area contributed by atoms with Gasteiger partial charge in [0.2, 0.25) is 0 Å². The van der Waals surface area contributed by atoms with Crippen LogP contribution in [0.3, 0.4) is 0 Å². The Kier molecular flexibility index (Phi) is 10.3. The molecule has 0 radical (unpaired) electrons. The van der Waals surface area contributed by atoms with Crippen molar-refractivity contribution in [1.82, 2.24) is 0 Å². The van der Waals surface area contributed by atoms with E-state index < -0.39 is 0 Å². The first-order valence-electron chi connectivity index (χ1n) is 6.23. The van der Waals surface area contributed by atoms with Gasteiger partial charge in [0.25, 0.3) is 0 Å². The number of unbranched alkanes of at least 4 members (excludes halogenated alkanes) is 2. The Balaban J connectivity index is 3.40. The summed E-state index contributed by atoms with van der Waals surface area (Å²) in [6, 6.07) is 0. The van der Waals surface area contributed by atoms with Crippen molar-refractivity contribution in [2.75, 3.05) is 13.7 Å². The summed E-state index contributed by atoms with van der Waals surface area (Å²) in [7, 11) is 1.63. The standard InChI is InChI=1S/C13H24O3/c1-3-4-5-7-12(14)9-10-13(15)8-6-11-16-2/h3-11H2,1-2H3. The van der Waals surface area contributed by atoms with E-state index in [0.29, 0.717) is 32.3 Å². The molecule has 0 bridgehead atoms. The number of hydrogen-bond acceptors (Lipinski definition) is 3. The number of methoxy groups -OCH3 is 1. The Morgan fingerprint density at radius 2 is 1.44 bits per heavy atom. The molecule has 0 fully saturated rings. The van der Waals surface area contributed by atoms with E-state index in [0.717, 1.165) is 25.7 Å². The fourth-order valence-corrected chi connectivity index (χ4v) is 1.51. The molecule has 0 spiro atoms. The number of carbonyl (C=O) groups is 2. The molecule has 0 saturated heterocycles. The summed E-state index contributed by atoms with van der Waals surface area (Å²) in [5.74, 6) is 0.412. The van der Waals surface area contributed by atoms with Crippen LogP contribution < -0.4 is 0 Å². The zero-order valence-electron chi connectivity index (χ0n) is 10.6. The molecule has 0 aromatic heterocycles. The molecule has 0 atom stereocenters. The second kappa shape index (κ2) is 10.8. The molecular weight excluding hydrogens is 204 g/mol. The highest BCUT2D eigenvalue weighted by Crippen LogP contribution is 2.05. The van der Waals surface area contributed by atoms with Gasteiger partial charge in [-0.05, 0) is 12.8 Å². The first-order chi connectivity index (χ1) is 7.70. The molecule has 0 heterocycles. The summed E-state index contributed by atoms with van der Waals surface area (Å²) in [6.45, 7) is 2.74. The minimum absolute atomic E-state index is 0.181. The second-order valence-corrected chi connectivity index (χ2v) is 4.13. The number of hydrogen-bond donors (Lipinski definition) is 0. The van der Waals surface area contributed by atoms with Gasteiger partial charge in [-0.15, -0.1) is 0 Å². The Morgan fingerprint density at radius 1 is 0.875 bits per heavy atom. The molecular formula is C13H24O3. The highest BCUT2D eigenvalue weighted by Gasteiger charge is 2.06. The third-order valence-electron chi connectivity index (χ3n) is 2.55. The van der Waals surface area contributed by atoms with E-state index in [-0.39, 0.29) is 11.6 Å². The first kappa shape index (κ1) is 15.3. The Morgan fingerprint density at radius 3 is 1.94 bits per heavy atom. The summed E-state index contributed by atoms with van der Waals surface area (Å²) < 4.78 is 4.86. The molecule has 3 heteroatoms. The van der Waals surface area contributed by atoms with Crippen molar-refractivity contribution >= 4 is 11.6 Å². The number of rotatable bonds is 11. The lowest BCUT2D eigenvalue weighted by Gasteiger charge is -2.01. The monoisotopic (exact) mass is 228 g/mol. The molecule has 0 aliphatic heterocycles. The minimum Gasteiger partial charge on any atom is -0.385 e. The summed E-state index contributed by atoms with van der Waals surface area (Å²) in [6.07, 6.45) is 5.97. The van der Waals surface area contributed by atoms with Gasteiger partial charge in [-0.2, -0.15) is 0 Å². The quantitative estimate of drug-likeness (QED) is 0.511. The van der Waals surface area contributed by atoms with Gasteiger partial charge in [-0.1, -0.05) is 19.8 Å². The third kappa shape index (κ3) is 9.84. The largest absolute Gasteiger partial charge is 0.385 e. The van der Waals surface area contributed by atoms with Crippen LogP contribution in [0.4, 0.5) is 0 Å². The number of ether oxygens (including phenoxy) is 1. The van der Waals surface area contributed by atoms with Crippen LogP contribution in [0, 0.1) is 0 Å². The molecule has 3 nitrogen and oxygen atoms in total. The SMILES string of the molecule is CCCCCC(=O)CCC(=O)CCCOC. The lowest BCUT2D eigenvalue weighted by Crippen LogP contribution is -2.05. The van der Waals surface area contributed by atoms with E-state index >= 15 is 0 Å². The first-order valence-corrected chi connectivity index (χ1v) is 6.23. The molecule has 0 aromatic rings. The van der Waals surface area contributed by atoms with Gasteiger partial charge in [0.15, 0.2) is 0 Å². The zero-order chi connectivity index (χ0) is 12.2. The number of ketones is 2. The molecule has 0 unspecified atom stereocenters. The number of Topliss-reactive ketones (excluding diaryl/α,β-unsaturated/α-hetero) is 2. The smallest absolute Gasteiger partial charge is 0.133 e. The maximum absolute atomic E-state index is 11.4. The maximum Gasteiger partial charge on any atom is 0.133 e. The van der Waals surface area contributed by atoms with Crippen LogP contribution in [-0.4, -0.2) is 25.3 Å². The number of carbonyl (C=O) groups excluding carboxylic acids is 2. The van der Waals surface area contributed by atoms with Crippen LogP contribution in [0.1, 0.15) is 58.3 Å². The molecule has 0 N–H and O–H groups in total. The van der Waals surface area contributed by atoms with Crippen LogP contribution in [0.2, 0.25) is 0 Å². The van der Waals surface area contributed by atoms with Gasteiger partial charge in [0.1, 0.15) is 11.6 Å². The lowest BCUT2D eigenvalue weighted by molar-refractivity contribution is -0.124. The third-order valence-corrected chi connectivity index (χ3v) is 2.55. The van der Waals surface area contributed by atoms with Gasteiger partial charge in [-0.25, -0.2) is 0 Å². The van der Waals surface area contributed by atoms with E-state index in [2.05, 4.69) is 6.92 Å². The van der Waals surface area contributed by atoms with Crippen molar-refractivity contribution in [1.29, 1.82) is 0 Å². The van der Waals surface area contributed by atoms with Crippen LogP contribution in [0.5, 0.6) is 0 Å². The van der Waals surface area contributed by atoms with Gasteiger partial charge < -0.3 is 4.74 Å². The molecule has 0 aliphatic carbocycles. The van der Waals surface area contributed by atoms with Gasteiger partial charge in [-0.3, -0.25) is 9.59 Å². The molecule has 94 valence electrons. The molecule has 0 amide bonds. The zero-order valence-corrected chi connectivity index (χ0v) is 10.6. The summed E-state index contributed by atoms with van der Waals surface area (Å²) in [4.78, 5) is 22.7. The highest BCUT2D eigenvalue weighted by atomic mass is 16.5. The Hall–Kier alpha value is -0.700. The molecule has 0 rings (SSSR count). The van der Waals surface area contributed by atoms with Gasteiger partial charge in [0, 0.05) is 39.4 Å². The summed E-state index contributed by atoms with van der Waals surface area (Å²) in [5, 5.41) is 0. The summed E-state index contributed by atoms with van der Waals surface area (Å²) in [5.41, 5.74) is 0. The van der Waals surface area contributed by atoms with Crippen molar-refractivity contribution in [3.05, 3.63) is 0 Å². The molecule has 16 heavy (non-hydrogen) atoms. The van der Waals surface area contributed by atoms with Crippen molar-refractivity contribution in [3.63, 3.8) is 0 Å². The van der Waals surface area contributed by atoms with E-state index in [1.165, 1.54) is 0 Å². The minimum atomic E-state index is 0.181. The van der Waals surface area contributed by atoms with Gasteiger partial charge in [0.05, 0.1) is 0 Å². The second-order valence-electron chi connectivity index (χ2n) is 4.13. The van der Waals surface area contributed by atoms with E-state index in [9.17, 15) is 9.59 Å².